The van der Waals surface area contributed by atoms with Gasteiger partial charge in [0.1, 0.15) is 0 Å². The van der Waals surface area contributed by atoms with Gasteiger partial charge < -0.3 is 9.47 Å². The van der Waals surface area contributed by atoms with Crippen LogP contribution in [0.25, 0.3) is 0 Å². The van der Waals surface area contributed by atoms with Crippen LogP contribution >= 0.6 is 0 Å². The molecule has 92 valence electrons. The zero-order valence-corrected chi connectivity index (χ0v) is 12.9. The quantitative estimate of drug-likeness (QED) is 0.286. The zero-order valence-electron chi connectivity index (χ0n) is 10.9. The van der Waals surface area contributed by atoms with Crippen molar-refractivity contribution in [1.29, 1.82) is 0 Å². The SMILES string of the molecule is CCOC(=O)[C-](C(=O)OCC)c1ccccc1.[Na+]. The molecule has 1 aromatic carbocycles. The van der Waals surface area contributed by atoms with Crippen molar-refractivity contribution in [2.24, 2.45) is 0 Å². The maximum atomic E-state index is 11.7. The summed E-state index contributed by atoms with van der Waals surface area (Å²) in [5.74, 6) is -1.37. The van der Waals surface area contributed by atoms with Crippen LogP contribution in [0, 0.1) is 5.92 Å². The Labute approximate surface area is 129 Å². The minimum atomic E-state index is -0.655. The number of benzene rings is 1. The molecule has 0 aliphatic heterocycles. The maximum absolute atomic E-state index is 11.7. The van der Waals surface area contributed by atoms with Crippen molar-refractivity contribution < 1.29 is 48.6 Å². The van der Waals surface area contributed by atoms with E-state index in [4.69, 9.17) is 9.47 Å². The number of hydrogen-bond acceptors (Lipinski definition) is 4. The van der Waals surface area contributed by atoms with E-state index in [1.54, 1.807) is 44.2 Å². The number of carbonyl (C=O) groups is 2. The number of carbonyl (C=O) groups excluding carboxylic acids is 2. The molecule has 0 fully saturated rings. The van der Waals surface area contributed by atoms with Crippen LogP contribution in [0.5, 0.6) is 0 Å². The summed E-state index contributed by atoms with van der Waals surface area (Å²) >= 11 is 0. The van der Waals surface area contributed by atoms with Gasteiger partial charge in [-0.05, 0) is 13.8 Å². The molecule has 0 bridgehead atoms. The molecule has 0 amide bonds. The van der Waals surface area contributed by atoms with Gasteiger partial charge in [-0.2, -0.15) is 17.7 Å². The summed E-state index contributed by atoms with van der Waals surface area (Å²) in [6, 6.07) is 8.63. The van der Waals surface area contributed by atoms with Gasteiger partial charge in [-0.3, -0.25) is 9.59 Å². The van der Waals surface area contributed by atoms with Crippen LogP contribution in [0.4, 0.5) is 0 Å². The Hall–Kier alpha value is -0.970. The summed E-state index contributed by atoms with van der Waals surface area (Å²) in [5, 5.41) is 0. The fourth-order valence-corrected chi connectivity index (χ4v) is 1.33. The van der Waals surface area contributed by atoms with Gasteiger partial charge in [0.2, 0.25) is 0 Å². The molecule has 0 aliphatic rings. The Morgan fingerprint density at radius 3 is 1.83 bits per heavy atom. The predicted molar refractivity (Wildman–Crippen MR) is 62.1 cm³/mol. The summed E-state index contributed by atoms with van der Waals surface area (Å²) in [5.41, 5.74) is 0.504. The normalized spacial score (nSPS) is 9.00. The molecule has 0 unspecified atom stereocenters. The van der Waals surface area contributed by atoms with Crippen LogP contribution in [0.3, 0.4) is 0 Å². The van der Waals surface area contributed by atoms with Crippen molar-refractivity contribution >= 4 is 11.9 Å². The topological polar surface area (TPSA) is 52.6 Å². The number of hydrogen-bond donors (Lipinski definition) is 0. The smallest absolute Gasteiger partial charge is 0.471 e. The molecular weight excluding hydrogens is 243 g/mol. The molecule has 0 heterocycles. The summed E-state index contributed by atoms with van der Waals surface area (Å²) < 4.78 is 9.70. The molecule has 5 heteroatoms. The monoisotopic (exact) mass is 258 g/mol. The molecule has 0 spiro atoms. The second-order valence-electron chi connectivity index (χ2n) is 3.18. The number of esters is 2. The van der Waals surface area contributed by atoms with Crippen molar-refractivity contribution in [3.63, 3.8) is 0 Å². The Morgan fingerprint density at radius 2 is 1.44 bits per heavy atom. The van der Waals surface area contributed by atoms with Gasteiger partial charge in [0.25, 0.3) is 11.9 Å². The standard InChI is InChI=1S/C13H15O4.Na/c1-3-16-12(14)11(13(15)17-4-2)10-8-6-5-7-9-10;/h5-9H,3-4H2,1-2H3;/q-1;+1. The van der Waals surface area contributed by atoms with Gasteiger partial charge in [0.15, 0.2) is 0 Å². The largest absolute Gasteiger partial charge is 1.00 e. The van der Waals surface area contributed by atoms with E-state index in [2.05, 4.69) is 0 Å². The van der Waals surface area contributed by atoms with Gasteiger partial charge in [-0.15, -0.1) is 12.1 Å². The van der Waals surface area contributed by atoms with E-state index in [1.165, 1.54) is 0 Å². The molecular formula is C13H15NaO4. The van der Waals surface area contributed by atoms with Gasteiger partial charge in [-0.25, -0.2) is 0 Å². The molecule has 1 aromatic rings. The molecule has 0 saturated heterocycles. The predicted octanol–water partition coefficient (Wildman–Crippen LogP) is -1.26. The number of ether oxygens (including phenoxy) is 2. The first-order valence-electron chi connectivity index (χ1n) is 5.47. The molecule has 0 atom stereocenters. The van der Waals surface area contributed by atoms with Crippen molar-refractivity contribution in [2.75, 3.05) is 13.2 Å². The Bertz CT molecular complexity index is 360. The van der Waals surface area contributed by atoms with Crippen LogP contribution in [-0.4, -0.2) is 25.2 Å². The van der Waals surface area contributed by atoms with Crippen molar-refractivity contribution in [3.8, 4) is 0 Å². The van der Waals surface area contributed by atoms with E-state index >= 15 is 0 Å². The minimum absolute atomic E-state index is 0. The molecule has 18 heavy (non-hydrogen) atoms. The van der Waals surface area contributed by atoms with Gasteiger partial charge in [0, 0.05) is 5.92 Å². The van der Waals surface area contributed by atoms with Crippen LogP contribution in [0.1, 0.15) is 19.4 Å². The van der Waals surface area contributed by atoms with Crippen LogP contribution in [0.2, 0.25) is 0 Å². The molecule has 1 rings (SSSR count). The zero-order chi connectivity index (χ0) is 12.7. The second-order valence-corrected chi connectivity index (χ2v) is 3.18. The Balaban J connectivity index is 0.00000289. The molecule has 0 radical (unpaired) electrons. The molecule has 0 aromatic heterocycles. The van der Waals surface area contributed by atoms with E-state index in [-0.39, 0.29) is 48.7 Å². The second kappa shape index (κ2) is 9.03. The van der Waals surface area contributed by atoms with E-state index in [0.717, 1.165) is 0 Å². The van der Waals surface area contributed by atoms with E-state index < -0.39 is 11.9 Å². The van der Waals surface area contributed by atoms with Crippen LogP contribution in [-0.2, 0) is 19.1 Å². The van der Waals surface area contributed by atoms with Crippen molar-refractivity contribution in [3.05, 3.63) is 41.8 Å². The first-order chi connectivity index (χ1) is 8.20. The number of rotatable bonds is 5. The average molecular weight is 258 g/mol. The fraction of sp³-hybridized carbons (Fsp3) is 0.308. The van der Waals surface area contributed by atoms with Crippen LogP contribution < -0.4 is 29.6 Å². The van der Waals surface area contributed by atoms with Crippen molar-refractivity contribution in [2.45, 2.75) is 13.8 Å². The Morgan fingerprint density at radius 1 is 1.00 bits per heavy atom. The summed E-state index contributed by atoms with van der Waals surface area (Å²) in [6.07, 6.45) is 0. The third kappa shape index (κ3) is 4.72. The molecule has 0 aliphatic carbocycles. The minimum Gasteiger partial charge on any atom is -0.471 e. The van der Waals surface area contributed by atoms with Gasteiger partial charge in [0.05, 0.1) is 13.2 Å². The van der Waals surface area contributed by atoms with E-state index in [9.17, 15) is 9.59 Å². The van der Waals surface area contributed by atoms with E-state index in [0.29, 0.717) is 5.56 Å². The Kier molecular flexibility index (Phi) is 8.54. The molecule has 0 N–H and O–H groups in total. The molecule has 4 nitrogen and oxygen atoms in total. The maximum Gasteiger partial charge on any atom is 1.00 e. The third-order valence-corrected chi connectivity index (χ3v) is 2.02. The van der Waals surface area contributed by atoms with Crippen LogP contribution in [0.15, 0.2) is 30.3 Å². The van der Waals surface area contributed by atoms with Gasteiger partial charge in [-0.1, -0.05) is 6.07 Å². The summed E-state index contributed by atoms with van der Waals surface area (Å²) in [4.78, 5) is 23.4. The fourth-order valence-electron chi connectivity index (χ4n) is 1.33. The first-order valence-corrected chi connectivity index (χ1v) is 5.47. The van der Waals surface area contributed by atoms with E-state index in [1.807, 2.05) is 0 Å². The molecule has 0 saturated carbocycles. The summed E-state index contributed by atoms with van der Waals surface area (Å²) in [7, 11) is 0. The first kappa shape index (κ1) is 17.0. The summed E-state index contributed by atoms with van der Waals surface area (Å²) in [6.45, 7) is 3.81. The third-order valence-electron chi connectivity index (χ3n) is 2.02. The van der Waals surface area contributed by atoms with Crippen molar-refractivity contribution in [1.82, 2.24) is 0 Å². The average Bonchev–Trinajstić information content (AvgIpc) is 2.31. The van der Waals surface area contributed by atoms with Gasteiger partial charge >= 0.3 is 29.6 Å².